The molecule has 3 aliphatic rings. The van der Waals surface area contributed by atoms with E-state index in [9.17, 15) is 19.5 Å². The van der Waals surface area contributed by atoms with Gasteiger partial charge in [0.1, 0.15) is 23.1 Å². The lowest BCUT2D eigenvalue weighted by Gasteiger charge is -2.37. The Labute approximate surface area is 264 Å². The Morgan fingerprint density at radius 1 is 0.978 bits per heavy atom. The molecule has 0 aliphatic carbocycles. The molecule has 2 aromatic rings. The minimum Gasteiger partial charge on any atom is -0.497 e. The standard InChI is InChI=1S/C35H43N3O7/c1-6-20-36(24-12-16-27(17-13-24)44-9-4)31(40)28-29-32(41)38(22-23-39)30(35(29)19-18-34(28,8-3)45-35)33(42)37(21-7-2)25-10-14-26(43-5)15-11-25/h6-7,10-17,28-30,39H,1-2,8-9,18-23H2,3-5H3/t28-,29-,30?,34+,35?/m0/s1. The maximum atomic E-state index is 14.7. The van der Waals surface area contributed by atoms with Crippen LogP contribution in [0.25, 0.3) is 0 Å². The number of aliphatic hydroxyl groups excluding tert-OH is 1. The van der Waals surface area contributed by atoms with Gasteiger partial charge in [-0.25, -0.2) is 0 Å². The second-order valence-corrected chi connectivity index (χ2v) is 11.7. The Morgan fingerprint density at radius 2 is 1.56 bits per heavy atom. The third-order valence-electron chi connectivity index (χ3n) is 9.52. The number of hydrogen-bond donors (Lipinski definition) is 1. The van der Waals surface area contributed by atoms with E-state index in [0.29, 0.717) is 48.7 Å². The first-order chi connectivity index (χ1) is 21.7. The van der Waals surface area contributed by atoms with E-state index in [1.165, 1.54) is 4.90 Å². The van der Waals surface area contributed by atoms with Crippen LogP contribution in [0.1, 0.15) is 33.1 Å². The largest absolute Gasteiger partial charge is 0.497 e. The Bertz CT molecular complexity index is 1430. The van der Waals surface area contributed by atoms with E-state index >= 15 is 0 Å². The highest BCUT2D eigenvalue weighted by Crippen LogP contribution is 2.64. The zero-order chi connectivity index (χ0) is 32.4. The van der Waals surface area contributed by atoms with Gasteiger partial charge in [-0.2, -0.15) is 0 Å². The Hall–Kier alpha value is -4.15. The highest BCUT2D eigenvalue weighted by Gasteiger charge is 2.79. The summed E-state index contributed by atoms with van der Waals surface area (Å²) in [5.41, 5.74) is -0.900. The second-order valence-electron chi connectivity index (χ2n) is 11.7. The molecule has 0 aromatic heterocycles. The van der Waals surface area contributed by atoms with Crippen molar-refractivity contribution in [3.8, 4) is 11.5 Å². The van der Waals surface area contributed by atoms with Gasteiger partial charge in [-0.1, -0.05) is 19.1 Å². The van der Waals surface area contributed by atoms with Gasteiger partial charge in [-0.05, 0) is 74.7 Å². The number of benzene rings is 2. The number of fused-ring (bicyclic) bond motifs is 1. The molecule has 1 spiro atoms. The van der Waals surface area contributed by atoms with Gasteiger partial charge in [0.05, 0.1) is 37.8 Å². The van der Waals surface area contributed by atoms with Crippen LogP contribution in [0, 0.1) is 11.8 Å². The highest BCUT2D eigenvalue weighted by molar-refractivity contribution is 6.07. The number of carbonyl (C=O) groups is 3. The minimum absolute atomic E-state index is 0.0588. The van der Waals surface area contributed by atoms with E-state index in [-0.39, 0.29) is 44.0 Å². The molecule has 10 nitrogen and oxygen atoms in total. The molecule has 0 saturated carbocycles. The van der Waals surface area contributed by atoms with Crippen molar-refractivity contribution in [1.29, 1.82) is 0 Å². The van der Waals surface area contributed by atoms with Gasteiger partial charge < -0.3 is 34.0 Å². The summed E-state index contributed by atoms with van der Waals surface area (Å²) in [5, 5.41) is 10.0. The molecule has 45 heavy (non-hydrogen) atoms. The Balaban J connectivity index is 1.57. The number of nitrogens with zero attached hydrogens (tertiary/aromatic N) is 3. The third kappa shape index (κ3) is 5.29. The summed E-state index contributed by atoms with van der Waals surface area (Å²) >= 11 is 0. The number of β-amino-alcohol motifs (C(OH)–C–C–N with tert-alkyl or cyclic N) is 1. The molecule has 3 fully saturated rings. The predicted octanol–water partition coefficient (Wildman–Crippen LogP) is 3.98. The number of rotatable bonds is 14. The Morgan fingerprint density at radius 3 is 2.07 bits per heavy atom. The molecule has 0 radical (unpaired) electrons. The first kappa shape index (κ1) is 32.2. The van der Waals surface area contributed by atoms with Crippen molar-refractivity contribution in [3.63, 3.8) is 0 Å². The summed E-state index contributed by atoms with van der Waals surface area (Å²) in [6.45, 7) is 12.1. The predicted molar refractivity (Wildman–Crippen MR) is 171 cm³/mol. The maximum Gasteiger partial charge on any atom is 0.253 e. The molecule has 5 atom stereocenters. The maximum absolute atomic E-state index is 14.7. The molecule has 3 saturated heterocycles. The molecule has 2 bridgehead atoms. The normalized spacial score (nSPS) is 26.4. The molecule has 10 heteroatoms. The fourth-order valence-electron chi connectivity index (χ4n) is 7.59. The van der Waals surface area contributed by atoms with E-state index in [1.54, 1.807) is 53.3 Å². The average molecular weight is 618 g/mol. The SMILES string of the molecule is C=CCN(C(=O)C1N(CCO)C(=O)[C@@H]2[C@@H](C(=O)N(CC=C)c3ccc(OCC)cc3)[C@@]3(CC)CCC12O3)c1ccc(OC)cc1. The lowest BCUT2D eigenvalue weighted by molar-refractivity contribution is -0.146. The zero-order valence-corrected chi connectivity index (χ0v) is 26.3. The summed E-state index contributed by atoms with van der Waals surface area (Å²) in [4.78, 5) is 48.3. The summed E-state index contributed by atoms with van der Waals surface area (Å²) in [5.74, 6) is -1.35. The first-order valence-corrected chi connectivity index (χ1v) is 15.6. The fourth-order valence-corrected chi connectivity index (χ4v) is 7.59. The van der Waals surface area contributed by atoms with Crippen LogP contribution in [-0.4, -0.2) is 84.9 Å². The number of likely N-dealkylation sites (tertiary alicyclic amines) is 1. The first-order valence-electron chi connectivity index (χ1n) is 15.6. The van der Waals surface area contributed by atoms with Crippen molar-refractivity contribution < 1.29 is 33.7 Å². The summed E-state index contributed by atoms with van der Waals surface area (Å²) in [6.07, 6.45) is 4.74. The molecular formula is C35H43N3O7. The minimum atomic E-state index is -1.23. The van der Waals surface area contributed by atoms with Gasteiger partial charge in [0.2, 0.25) is 11.8 Å². The molecule has 3 heterocycles. The second kappa shape index (κ2) is 13.1. The van der Waals surface area contributed by atoms with Crippen LogP contribution >= 0.6 is 0 Å². The van der Waals surface area contributed by atoms with Gasteiger partial charge in [-0.3, -0.25) is 14.4 Å². The van der Waals surface area contributed by atoms with Crippen molar-refractivity contribution >= 4 is 29.1 Å². The number of aliphatic hydroxyl groups is 1. The van der Waals surface area contributed by atoms with Crippen LogP contribution in [0.15, 0.2) is 73.8 Å². The number of hydrogen-bond acceptors (Lipinski definition) is 7. The lowest BCUT2D eigenvalue weighted by Crippen LogP contribution is -2.57. The Kier molecular flexibility index (Phi) is 9.36. The van der Waals surface area contributed by atoms with Gasteiger partial charge in [-0.15, -0.1) is 13.2 Å². The monoisotopic (exact) mass is 617 g/mol. The van der Waals surface area contributed by atoms with Crippen LogP contribution in [0.4, 0.5) is 11.4 Å². The number of amides is 3. The van der Waals surface area contributed by atoms with Crippen LogP contribution in [-0.2, 0) is 19.1 Å². The fraction of sp³-hybridized carbons (Fsp3) is 0.457. The van der Waals surface area contributed by atoms with Crippen LogP contribution in [0.2, 0.25) is 0 Å². The van der Waals surface area contributed by atoms with Crippen molar-refractivity contribution in [1.82, 2.24) is 4.90 Å². The van der Waals surface area contributed by atoms with Gasteiger partial charge >= 0.3 is 0 Å². The molecule has 2 unspecified atom stereocenters. The summed E-state index contributed by atoms with van der Waals surface area (Å²) in [7, 11) is 1.57. The van der Waals surface area contributed by atoms with Gasteiger partial charge in [0.15, 0.2) is 0 Å². The number of ether oxygens (including phenoxy) is 3. The molecular weight excluding hydrogens is 574 g/mol. The van der Waals surface area contributed by atoms with E-state index in [0.717, 1.165) is 0 Å². The summed E-state index contributed by atoms with van der Waals surface area (Å²) < 4.78 is 17.8. The molecule has 1 N–H and O–H groups in total. The molecule has 3 aliphatic heterocycles. The van der Waals surface area contributed by atoms with E-state index < -0.39 is 29.1 Å². The molecule has 5 rings (SSSR count). The number of anilines is 2. The van der Waals surface area contributed by atoms with Crippen LogP contribution < -0.4 is 19.3 Å². The number of methoxy groups -OCH3 is 1. The van der Waals surface area contributed by atoms with E-state index in [4.69, 9.17) is 14.2 Å². The summed E-state index contributed by atoms with van der Waals surface area (Å²) in [6, 6.07) is 13.3. The topological polar surface area (TPSA) is 109 Å². The van der Waals surface area contributed by atoms with Crippen molar-refractivity contribution in [2.45, 2.75) is 50.4 Å². The third-order valence-corrected chi connectivity index (χ3v) is 9.52. The number of carbonyl (C=O) groups excluding carboxylic acids is 3. The van der Waals surface area contributed by atoms with Crippen LogP contribution in [0.5, 0.6) is 11.5 Å². The quantitative estimate of drug-likeness (QED) is 0.320. The van der Waals surface area contributed by atoms with Gasteiger partial charge in [0, 0.05) is 31.0 Å². The van der Waals surface area contributed by atoms with Crippen molar-refractivity contribution in [3.05, 3.63) is 73.8 Å². The molecule has 3 amide bonds. The van der Waals surface area contributed by atoms with E-state index in [1.807, 2.05) is 38.1 Å². The van der Waals surface area contributed by atoms with Crippen LogP contribution in [0.3, 0.4) is 0 Å². The highest BCUT2D eigenvalue weighted by atomic mass is 16.5. The molecule has 2 aromatic carbocycles. The zero-order valence-electron chi connectivity index (χ0n) is 26.3. The van der Waals surface area contributed by atoms with Crippen molar-refractivity contribution in [2.75, 3.05) is 49.8 Å². The van der Waals surface area contributed by atoms with Crippen molar-refractivity contribution in [2.24, 2.45) is 11.8 Å². The van der Waals surface area contributed by atoms with E-state index in [2.05, 4.69) is 13.2 Å². The average Bonchev–Trinajstić information content (AvgIpc) is 3.66. The lowest BCUT2D eigenvalue weighted by atomic mass is 9.64. The van der Waals surface area contributed by atoms with Gasteiger partial charge in [0.25, 0.3) is 5.91 Å². The smallest absolute Gasteiger partial charge is 0.253 e. The molecule has 240 valence electrons.